The highest BCUT2D eigenvalue weighted by Gasteiger charge is 2.26. The Morgan fingerprint density at radius 1 is 0.879 bits per heavy atom. The zero-order valence-electron chi connectivity index (χ0n) is 20.2. The normalized spacial score (nSPS) is 14.0. The molecule has 1 saturated heterocycles. The Kier molecular flexibility index (Phi) is 6.63. The summed E-state index contributed by atoms with van der Waals surface area (Å²) in [5.74, 6) is 2.06. The number of piperazine rings is 1. The number of hydrogen-bond donors (Lipinski definition) is 1. The molecule has 2 heterocycles. The van der Waals surface area contributed by atoms with Gasteiger partial charge in [-0.15, -0.1) is 0 Å². The molecule has 1 N–H and O–H groups in total. The van der Waals surface area contributed by atoms with Gasteiger partial charge in [-0.1, -0.05) is 62.4 Å². The maximum Gasteiger partial charge on any atom is 0.321 e. The number of nitrogens with one attached hydrogen (secondary N) is 1. The van der Waals surface area contributed by atoms with Gasteiger partial charge < -0.3 is 15.1 Å². The third-order valence-electron chi connectivity index (χ3n) is 6.30. The van der Waals surface area contributed by atoms with Crippen molar-refractivity contribution in [3.05, 3.63) is 70.9 Å². The van der Waals surface area contributed by atoms with Crippen molar-refractivity contribution in [1.29, 1.82) is 0 Å². The van der Waals surface area contributed by atoms with Crippen LogP contribution >= 0.6 is 0 Å². The molecular weight excluding hydrogens is 410 g/mol. The number of urea groups is 1. The highest BCUT2D eigenvalue weighted by atomic mass is 16.2. The van der Waals surface area contributed by atoms with E-state index in [9.17, 15) is 4.79 Å². The molecule has 6 heteroatoms. The third kappa shape index (κ3) is 4.85. The van der Waals surface area contributed by atoms with E-state index in [1.54, 1.807) is 0 Å². The highest BCUT2D eigenvalue weighted by Crippen LogP contribution is 2.31. The Hall–Kier alpha value is -3.41. The predicted molar refractivity (Wildman–Crippen MR) is 135 cm³/mol. The Morgan fingerprint density at radius 2 is 1.52 bits per heavy atom. The van der Waals surface area contributed by atoms with Gasteiger partial charge in [-0.05, 0) is 37.8 Å². The molecule has 0 bridgehead atoms. The minimum Gasteiger partial charge on any atom is -0.353 e. The van der Waals surface area contributed by atoms with Gasteiger partial charge >= 0.3 is 6.03 Å². The number of anilines is 2. The van der Waals surface area contributed by atoms with Crippen molar-refractivity contribution >= 4 is 17.5 Å². The number of aromatic nitrogens is 2. The molecule has 0 aliphatic carbocycles. The molecule has 172 valence electrons. The van der Waals surface area contributed by atoms with E-state index in [0.29, 0.717) is 19.0 Å². The predicted octanol–water partition coefficient (Wildman–Crippen LogP) is 5.55. The van der Waals surface area contributed by atoms with E-state index < -0.39 is 0 Å². The molecule has 33 heavy (non-hydrogen) atoms. The van der Waals surface area contributed by atoms with E-state index >= 15 is 0 Å². The first-order valence-electron chi connectivity index (χ1n) is 11.7. The minimum atomic E-state index is -0.0417. The molecule has 4 rings (SSSR count). The first-order valence-corrected chi connectivity index (χ1v) is 11.7. The van der Waals surface area contributed by atoms with Gasteiger partial charge in [0.25, 0.3) is 0 Å². The summed E-state index contributed by atoms with van der Waals surface area (Å²) in [5, 5.41) is 3.11. The lowest BCUT2D eigenvalue weighted by Crippen LogP contribution is -2.50. The zero-order chi connectivity index (χ0) is 23.5. The molecule has 2 amide bonds. The Balaban J connectivity index is 1.53. The number of rotatable bonds is 4. The second-order valence-electron chi connectivity index (χ2n) is 9.06. The number of nitrogens with zero attached hydrogens (tertiary/aromatic N) is 4. The van der Waals surface area contributed by atoms with Gasteiger partial charge in [-0.2, -0.15) is 0 Å². The summed E-state index contributed by atoms with van der Waals surface area (Å²) in [6.45, 7) is 13.3. The number of aryl methyl sites for hydroxylation is 3. The van der Waals surface area contributed by atoms with Gasteiger partial charge in [0.1, 0.15) is 5.82 Å². The van der Waals surface area contributed by atoms with E-state index in [2.05, 4.69) is 31.0 Å². The molecule has 1 aliphatic rings. The van der Waals surface area contributed by atoms with Gasteiger partial charge in [0.15, 0.2) is 5.82 Å². The fourth-order valence-corrected chi connectivity index (χ4v) is 4.52. The fraction of sp³-hybridized carbons (Fsp3) is 0.370. The number of amides is 2. The molecule has 0 saturated carbocycles. The van der Waals surface area contributed by atoms with E-state index in [-0.39, 0.29) is 6.03 Å². The molecule has 0 radical (unpaired) electrons. The molecule has 1 aliphatic heterocycles. The second kappa shape index (κ2) is 9.61. The van der Waals surface area contributed by atoms with Crippen molar-refractivity contribution in [2.75, 3.05) is 36.4 Å². The largest absolute Gasteiger partial charge is 0.353 e. The lowest BCUT2D eigenvalue weighted by molar-refractivity contribution is 0.208. The van der Waals surface area contributed by atoms with Gasteiger partial charge in [0.05, 0.1) is 0 Å². The van der Waals surface area contributed by atoms with Crippen LogP contribution in [0.25, 0.3) is 11.4 Å². The summed E-state index contributed by atoms with van der Waals surface area (Å²) in [6.07, 6.45) is 0. The van der Waals surface area contributed by atoms with Gasteiger partial charge in [0.2, 0.25) is 0 Å². The standard InChI is InChI=1S/C27H33N5O/c1-18(2)23-21(5)28-25(22-12-7-6-8-13-22)30-26(23)31-14-16-32(17-15-31)27(33)29-24-19(3)10-9-11-20(24)4/h6-13,18H,14-17H2,1-5H3,(H,29,33). The van der Waals surface area contributed by atoms with E-state index in [1.165, 1.54) is 5.56 Å². The number of benzene rings is 2. The average Bonchev–Trinajstić information content (AvgIpc) is 2.81. The topological polar surface area (TPSA) is 61.4 Å². The van der Waals surface area contributed by atoms with Crippen molar-refractivity contribution in [2.45, 2.75) is 40.5 Å². The van der Waals surface area contributed by atoms with Crippen molar-refractivity contribution < 1.29 is 4.79 Å². The number of hydrogen-bond acceptors (Lipinski definition) is 4. The van der Waals surface area contributed by atoms with E-state index in [4.69, 9.17) is 9.97 Å². The van der Waals surface area contributed by atoms with Crippen LogP contribution in [0.1, 0.15) is 42.1 Å². The number of carbonyl (C=O) groups excluding carboxylic acids is 1. The zero-order valence-corrected chi connectivity index (χ0v) is 20.2. The maximum absolute atomic E-state index is 13.0. The van der Waals surface area contributed by atoms with Crippen molar-refractivity contribution in [3.8, 4) is 11.4 Å². The molecule has 2 aromatic carbocycles. The SMILES string of the molecule is Cc1cccc(C)c1NC(=O)N1CCN(c2nc(-c3ccccc3)nc(C)c2C(C)C)CC1. The molecule has 3 aromatic rings. The van der Waals surface area contributed by atoms with Crippen molar-refractivity contribution in [1.82, 2.24) is 14.9 Å². The summed E-state index contributed by atoms with van der Waals surface area (Å²) in [5.41, 5.74) is 6.28. The van der Waals surface area contributed by atoms with Gasteiger partial charge in [0, 0.05) is 48.7 Å². The van der Waals surface area contributed by atoms with Crippen molar-refractivity contribution in [3.63, 3.8) is 0 Å². The Morgan fingerprint density at radius 3 is 2.12 bits per heavy atom. The maximum atomic E-state index is 13.0. The van der Waals surface area contributed by atoms with Crippen LogP contribution in [-0.4, -0.2) is 47.1 Å². The van der Waals surface area contributed by atoms with Crippen LogP contribution in [0.5, 0.6) is 0 Å². The summed E-state index contributed by atoms with van der Waals surface area (Å²) >= 11 is 0. The Labute approximate surface area is 196 Å². The first-order chi connectivity index (χ1) is 15.8. The van der Waals surface area contributed by atoms with Crippen LogP contribution in [0, 0.1) is 20.8 Å². The average molecular weight is 444 g/mol. The molecule has 0 spiro atoms. The lowest BCUT2D eigenvalue weighted by atomic mass is 10.0. The van der Waals surface area contributed by atoms with E-state index in [1.807, 2.05) is 67.3 Å². The number of para-hydroxylation sites is 1. The molecule has 0 atom stereocenters. The summed E-state index contributed by atoms with van der Waals surface area (Å²) < 4.78 is 0. The molecule has 1 aromatic heterocycles. The Bertz CT molecular complexity index is 1110. The molecule has 0 unspecified atom stereocenters. The molecule has 1 fully saturated rings. The van der Waals surface area contributed by atoms with Crippen LogP contribution in [0.2, 0.25) is 0 Å². The van der Waals surface area contributed by atoms with Crippen LogP contribution < -0.4 is 10.2 Å². The summed E-state index contributed by atoms with van der Waals surface area (Å²) in [4.78, 5) is 27.0. The van der Waals surface area contributed by atoms with Crippen LogP contribution in [0.3, 0.4) is 0 Å². The lowest BCUT2D eigenvalue weighted by Gasteiger charge is -2.37. The summed E-state index contributed by atoms with van der Waals surface area (Å²) in [6, 6.07) is 16.1. The molecule has 6 nitrogen and oxygen atoms in total. The van der Waals surface area contributed by atoms with Gasteiger partial charge in [-0.25, -0.2) is 14.8 Å². The minimum absolute atomic E-state index is 0.0417. The second-order valence-corrected chi connectivity index (χ2v) is 9.06. The third-order valence-corrected chi connectivity index (χ3v) is 6.30. The summed E-state index contributed by atoms with van der Waals surface area (Å²) in [7, 11) is 0. The smallest absolute Gasteiger partial charge is 0.321 e. The van der Waals surface area contributed by atoms with E-state index in [0.717, 1.165) is 52.8 Å². The molecular formula is C27H33N5O. The highest BCUT2D eigenvalue weighted by molar-refractivity contribution is 5.91. The fourth-order valence-electron chi connectivity index (χ4n) is 4.52. The number of carbonyl (C=O) groups is 1. The quantitative estimate of drug-likeness (QED) is 0.575. The van der Waals surface area contributed by atoms with Crippen LogP contribution in [0.15, 0.2) is 48.5 Å². The van der Waals surface area contributed by atoms with Crippen molar-refractivity contribution in [2.24, 2.45) is 0 Å². The van der Waals surface area contributed by atoms with Gasteiger partial charge in [-0.3, -0.25) is 0 Å². The monoisotopic (exact) mass is 443 g/mol. The van der Waals surface area contributed by atoms with Crippen LogP contribution in [0.4, 0.5) is 16.3 Å². The first kappa shape index (κ1) is 22.8. The van der Waals surface area contributed by atoms with Crippen LogP contribution in [-0.2, 0) is 0 Å².